The van der Waals surface area contributed by atoms with Crippen molar-refractivity contribution < 1.29 is 4.79 Å². The Morgan fingerprint density at radius 2 is 1.76 bits per heavy atom. The van der Waals surface area contributed by atoms with Crippen LogP contribution in [0.15, 0.2) is 54.6 Å². The molecule has 1 saturated heterocycles. The number of anilines is 1. The van der Waals surface area contributed by atoms with Crippen LogP contribution < -0.4 is 10.2 Å². The van der Waals surface area contributed by atoms with Crippen molar-refractivity contribution in [3.63, 3.8) is 0 Å². The minimum Gasteiger partial charge on any atom is -0.369 e. The Bertz CT molecular complexity index is 1070. The molecule has 2 aromatic carbocycles. The molecule has 0 atom stereocenters. The summed E-state index contributed by atoms with van der Waals surface area (Å²) in [5.74, 6) is 0.0569. The van der Waals surface area contributed by atoms with Crippen molar-refractivity contribution in [1.29, 1.82) is 0 Å². The lowest BCUT2D eigenvalue weighted by Gasteiger charge is -2.36. The van der Waals surface area contributed by atoms with Gasteiger partial charge in [-0.25, -0.2) is 4.68 Å². The highest BCUT2D eigenvalue weighted by molar-refractivity contribution is 5.78. The van der Waals surface area contributed by atoms with Crippen molar-refractivity contribution in [3.05, 3.63) is 77.1 Å². The summed E-state index contributed by atoms with van der Waals surface area (Å²) < 4.78 is 2.00. The van der Waals surface area contributed by atoms with E-state index in [2.05, 4.69) is 72.3 Å². The number of aryl methyl sites for hydroxylation is 2. The molecule has 0 unspecified atom stereocenters. The molecule has 33 heavy (non-hydrogen) atoms. The van der Waals surface area contributed by atoms with Crippen LogP contribution in [-0.4, -0.2) is 53.3 Å². The summed E-state index contributed by atoms with van der Waals surface area (Å²) in [5.41, 5.74) is 7.12. The zero-order valence-corrected chi connectivity index (χ0v) is 20.1. The quantitative estimate of drug-likeness (QED) is 0.572. The summed E-state index contributed by atoms with van der Waals surface area (Å²) in [6.45, 7) is 11.1. The van der Waals surface area contributed by atoms with Crippen molar-refractivity contribution in [2.75, 3.05) is 37.6 Å². The van der Waals surface area contributed by atoms with Crippen LogP contribution in [0.5, 0.6) is 0 Å². The van der Waals surface area contributed by atoms with E-state index >= 15 is 0 Å². The first-order valence-electron chi connectivity index (χ1n) is 12.0. The van der Waals surface area contributed by atoms with Crippen LogP contribution in [0.3, 0.4) is 0 Å². The van der Waals surface area contributed by atoms with E-state index in [0.717, 1.165) is 50.4 Å². The molecular formula is C27H35N5O. The highest BCUT2D eigenvalue weighted by atomic mass is 16.2. The van der Waals surface area contributed by atoms with E-state index in [-0.39, 0.29) is 5.91 Å². The first kappa shape index (κ1) is 23.1. The highest BCUT2D eigenvalue weighted by Crippen LogP contribution is 2.23. The second-order valence-corrected chi connectivity index (χ2v) is 8.88. The summed E-state index contributed by atoms with van der Waals surface area (Å²) in [7, 11) is 0. The molecule has 1 aliphatic heterocycles. The number of benzene rings is 2. The monoisotopic (exact) mass is 445 g/mol. The number of amides is 1. The smallest absolute Gasteiger partial charge is 0.234 e. The fourth-order valence-corrected chi connectivity index (χ4v) is 4.46. The van der Waals surface area contributed by atoms with Gasteiger partial charge in [-0.15, -0.1) is 0 Å². The predicted molar refractivity (Wildman–Crippen MR) is 134 cm³/mol. The lowest BCUT2D eigenvalue weighted by molar-refractivity contribution is -0.122. The van der Waals surface area contributed by atoms with Crippen LogP contribution >= 0.6 is 0 Å². The highest BCUT2D eigenvalue weighted by Gasteiger charge is 2.20. The molecule has 0 bridgehead atoms. The number of carbonyl (C=O) groups excluding carboxylic acids is 1. The van der Waals surface area contributed by atoms with Crippen LogP contribution in [0.4, 0.5) is 5.69 Å². The topological polar surface area (TPSA) is 53.4 Å². The molecule has 0 spiro atoms. The average molecular weight is 446 g/mol. The molecule has 1 fully saturated rings. The predicted octanol–water partition coefficient (Wildman–Crippen LogP) is 3.88. The minimum atomic E-state index is 0.0569. The Balaban J connectivity index is 1.29. The first-order chi connectivity index (χ1) is 16.0. The molecule has 1 amide bonds. The minimum absolute atomic E-state index is 0.0569. The second-order valence-electron chi connectivity index (χ2n) is 8.88. The van der Waals surface area contributed by atoms with Crippen LogP contribution in [0.2, 0.25) is 0 Å². The lowest BCUT2D eigenvalue weighted by atomic mass is 10.1. The van der Waals surface area contributed by atoms with E-state index < -0.39 is 0 Å². The third-order valence-corrected chi connectivity index (χ3v) is 6.46. The maximum absolute atomic E-state index is 12.6. The lowest BCUT2D eigenvalue weighted by Crippen LogP contribution is -2.49. The number of rotatable bonds is 8. The summed E-state index contributed by atoms with van der Waals surface area (Å²) >= 11 is 0. The molecule has 0 radical (unpaired) electrons. The Morgan fingerprint density at radius 1 is 1.00 bits per heavy atom. The Kier molecular flexibility index (Phi) is 7.45. The Labute approximate surface area is 197 Å². The van der Waals surface area contributed by atoms with E-state index in [0.29, 0.717) is 13.1 Å². The normalized spacial score (nSPS) is 14.5. The van der Waals surface area contributed by atoms with Gasteiger partial charge < -0.3 is 10.2 Å². The molecule has 1 N–H and O–H groups in total. The van der Waals surface area contributed by atoms with Gasteiger partial charge in [0.2, 0.25) is 5.91 Å². The number of para-hydroxylation sites is 1. The van der Waals surface area contributed by atoms with Gasteiger partial charge in [0.1, 0.15) is 0 Å². The molecule has 1 aromatic heterocycles. The van der Waals surface area contributed by atoms with Gasteiger partial charge >= 0.3 is 0 Å². The second kappa shape index (κ2) is 10.7. The zero-order chi connectivity index (χ0) is 23.2. The van der Waals surface area contributed by atoms with Crippen LogP contribution in [-0.2, 0) is 17.8 Å². The summed E-state index contributed by atoms with van der Waals surface area (Å²) in [4.78, 5) is 17.3. The summed E-state index contributed by atoms with van der Waals surface area (Å²) in [5, 5.41) is 7.83. The first-order valence-corrected chi connectivity index (χ1v) is 12.0. The van der Waals surface area contributed by atoms with Gasteiger partial charge in [-0.2, -0.15) is 5.10 Å². The van der Waals surface area contributed by atoms with Gasteiger partial charge in [-0.1, -0.05) is 43.7 Å². The van der Waals surface area contributed by atoms with Gasteiger partial charge in [0.15, 0.2) is 0 Å². The molecule has 174 valence electrons. The summed E-state index contributed by atoms with van der Waals surface area (Å²) in [6.07, 6.45) is 2.01. The van der Waals surface area contributed by atoms with Gasteiger partial charge in [0, 0.05) is 37.6 Å². The number of nitrogens with one attached hydrogen (secondary N) is 1. The number of carbonyl (C=O) groups is 1. The van der Waals surface area contributed by atoms with Crippen molar-refractivity contribution in [2.24, 2.45) is 0 Å². The van der Waals surface area contributed by atoms with Crippen molar-refractivity contribution in [2.45, 2.75) is 40.2 Å². The zero-order valence-electron chi connectivity index (χ0n) is 20.1. The SMILES string of the molecule is CCCc1cc(CNC(=O)CN2CCN(c3cccc(C)c3C)CC2)nn1-c1ccccc1. The van der Waals surface area contributed by atoms with Crippen LogP contribution in [0.1, 0.15) is 35.9 Å². The Hall–Kier alpha value is -3.12. The standard InChI is InChI=1S/C27H35N5O/c1-4-9-25-18-23(29-32(25)24-11-6-5-7-12-24)19-28-27(33)20-30-14-16-31(17-15-30)26-13-8-10-21(2)22(26)3/h5-8,10-13,18H,4,9,14-17,19-20H2,1-3H3,(H,28,33). The molecule has 4 rings (SSSR count). The molecule has 1 aliphatic rings. The molecule has 0 aliphatic carbocycles. The maximum Gasteiger partial charge on any atom is 0.234 e. The summed E-state index contributed by atoms with van der Waals surface area (Å²) in [6, 6.07) is 18.8. The largest absolute Gasteiger partial charge is 0.369 e. The molecule has 6 nitrogen and oxygen atoms in total. The number of aromatic nitrogens is 2. The van der Waals surface area contributed by atoms with E-state index in [4.69, 9.17) is 5.10 Å². The van der Waals surface area contributed by atoms with E-state index in [9.17, 15) is 4.79 Å². The molecular weight excluding hydrogens is 410 g/mol. The van der Waals surface area contributed by atoms with Crippen molar-refractivity contribution in [3.8, 4) is 5.69 Å². The van der Waals surface area contributed by atoms with Gasteiger partial charge in [0.25, 0.3) is 0 Å². The molecule has 3 aromatic rings. The number of piperazine rings is 1. The number of nitrogens with zero attached hydrogens (tertiary/aromatic N) is 4. The van der Waals surface area contributed by atoms with Crippen molar-refractivity contribution in [1.82, 2.24) is 20.0 Å². The van der Waals surface area contributed by atoms with Crippen LogP contribution in [0.25, 0.3) is 5.69 Å². The third kappa shape index (κ3) is 5.63. The number of hydrogen-bond acceptors (Lipinski definition) is 4. The van der Waals surface area contributed by atoms with E-state index in [1.165, 1.54) is 22.5 Å². The van der Waals surface area contributed by atoms with E-state index in [1.54, 1.807) is 0 Å². The van der Waals surface area contributed by atoms with E-state index in [1.807, 2.05) is 22.9 Å². The maximum atomic E-state index is 12.6. The fourth-order valence-electron chi connectivity index (χ4n) is 4.46. The molecule has 0 saturated carbocycles. The van der Waals surface area contributed by atoms with Crippen molar-refractivity contribution >= 4 is 11.6 Å². The van der Waals surface area contributed by atoms with Gasteiger partial charge in [-0.3, -0.25) is 9.69 Å². The number of hydrogen-bond donors (Lipinski definition) is 1. The van der Waals surface area contributed by atoms with Crippen LogP contribution in [0, 0.1) is 13.8 Å². The third-order valence-electron chi connectivity index (χ3n) is 6.46. The van der Waals surface area contributed by atoms with Gasteiger partial charge in [-0.05, 0) is 55.7 Å². The average Bonchev–Trinajstić information content (AvgIpc) is 3.24. The fraction of sp³-hybridized carbons (Fsp3) is 0.407. The molecule has 6 heteroatoms. The van der Waals surface area contributed by atoms with Gasteiger partial charge in [0.05, 0.1) is 24.5 Å². The molecule has 2 heterocycles. The Morgan fingerprint density at radius 3 is 2.48 bits per heavy atom.